The second kappa shape index (κ2) is 10.8. The van der Waals surface area contributed by atoms with Gasteiger partial charge in [-0.15, -0.1) is 0 Å². The Balaban J connectivity index is 1.45. The molecule has 40 heavy (non-hydrogen) atoms. The number of hydrogen-bond acceptors (Lipinski definition) is 8. The standard InChI is InChI=1S/C27H31F3N6O4/c1-27(2,40)21(28)12-16-10-15-11-19(33-25(38)18-14-32-36-5-3-4-31-24(18)36)20(13-17(15)22(16)37)34-6-8-35(9-7-34)26(39)23(29)30/h3-5,11,13-14,16,21,23,26,39-40H,6-10,12H2,1-2H3,(H,33,38)/t16?,21-,26+/m1/s1. The molecule has 0 radical (unpaired) electrons. The van der Waals surface area contributed by atoms with Crippen molar-refractivity contribution in [1.29, 1.82) is 0 Å². The number of benzene rings is 1. The first-order valence-corrected chi connectivity index (χ1v) is 13.1. The van der Waals surface area contributed by atoms with Crippen LogP contribution in [0.2, 0.25) is 0 Å². The maximum absolute atomic E-state index is 14.7. The zero-order chi connectivity index (χ0) is 28.8. The highest BCUT2D eigenvalue weighted by Gasteiger charge is 2.38. The number of carbonyl (C=O) groups is 2. The number of piperazine rings is 1. The number of amides is 1. The first-order chi connectivity index (χ1) is 18.9. The van der Waals surface area contributed by atoms with Gasteiger partial charge in [-0.05, 0) is 50.5 Å². The number of rotatable bonds is 8. The van der Waals surface area contributed by atoms with Crippen molar-refractivity contribution in [3.63, 3.8) is 0 Å². The van der Waals surface area contributed by atoms with Crippen LogP contribution < -0.4 is 10.2 Å². The highest BCUT2D eigenvalue weighted by molar-refractivity contribution is 6.11. The Morgan fingerprint density at radius 2 is 1.93 bits per heavy atom. The van der Waals surface area contributed by atoms with Gasteiger partial charge in [0.25, 0.3) is 12.3 Å². The normalized spacial score (nSPS) is 19.8. The van der Waals surface area contributed by atoms with Crippen molar-refractivity contribution >= 4 is 28.7 Å². The molecular formula is C27H31F3N6O4. The van der Waals surface area contributed by atoms with E-state index in [1.54, 1.807) is 30.6 Å². The summed E-state index contributed by atoms with van der Waals surface area (Å²) in [5, 5.41) is 26.9. The van der Waals surface area contributed by atoms with Gasteiger partial charge in [0.15, 0.2) is 17.7 Å². The van der Waals surface area contributed by atoms with E-state index in [1.807, 2.05) is 4.90 Å². The van der Waals surface area contributed by atoms with Gasteiger partial charge < -0.3 is 20.4 Å². The number of aliphatic hydroxyl groups is 2. The first kappa shape index (κ1) is 28.0. The molecule has 0 saturated carbocycles. The van der Waals surface area contributed by atoms with Crippen molar-refractivity contribution in [2.24, 2.45) is 5.92 Å². The van der Waals surface area contributed by atoms with E-state index in [0.29, 0.717) is 28.1 Å². The number of halogens is 3. The van der Waals surface area contributed by atoms with E-state index in [0.717, 1.165) is 0 Å². The molecule has 5 rings (SSSR count). The van der Waals surface area contributed by atoms with Crippen LogP contribution in [0.4, 0.5) is 24.5 Å². The summed E-state index contributed by atoms with van der Waals surface area (Å²) in [5.41, 5.74) is 0.940. The van der Waals surface area contributed by atoms with Crippen LogP contribution in [0.25, 0.3) is 5.65 Å². The molecule has 0 bridgehead atoms. The summed E-state index contributed by atoms with van der Waals surface area (Å²) in [6.45, 7) is 3.50. The van der Waals surface area contributed by atoms with Crippen molar-refractivity contribution in [2.75, 3.05) is 36.4 Å². The molecule has 1 amide bonds. The minimum atomic E-state index is -2.90. The van der Waals surface area contributed by atoms with Gasteiger partial charge in [-0.1, -0.05) is 0 Å². The zero-order valence-electron chi connectivity index (χ0n) is 22.1. The Morgan fingerprint density at radius 3 is 2.60 bits per heavy atom. The third kappa shape index (κ3) is 5.40. The Bertz CT molecular complexity index is 1420. The summed E-state index contributed by atoms with van der Waals surface area (Å²) < 4.78 is 42.2. The van der Waals surface area contributed by atoms with Crippen molar-refractivity contribution in [2.45, 2.75) is 51.1 Å². The Hall–Kier alpha value is -3.55. The highest BCUT2D eigenvalue weighted by Crippen LogP contribution is 2.39. The molecular weight excluding hydrogens is 529 g/mol. The number of nitrogens with one attached hydrogen (secondary N) is 1. The molecule has 2 aromatic heterocycles. The number of hydrogen-bond donors (Lipinski definition) is 3. The van der Waals surface area contributed by atoms with Crippen LogP contribution in [0.5, 0.6) is 0 Å². The van der Waals surface area contributed by atoms with Crippen LogP contribution in [-0.2, 0) is 6.42 Å². The number of ketones is 1. The second-order valence-electron chi connectivity index (χ2n) is 10.8. The second-order valence-corrected chi connectivity index (χ2v) is 10.8. The lowest BCUT2D eigenvalue weighted by Gasteiger charge is -2.38. The molecule has 0 spiro atoms. The number of anilines is 2. The number of carbonyl (C=O) groups excluding carboxylic acids is 2. The van der Waals surface area contributed by atoms with Crippen molar-refractivity contribution < 1.29 is 33.0 Å². The minimum absolute atomic E-state index is 0.139. The lowest BCUT2D eigenvalue weighted by atomic mass is 9.91. The van der Waals surface area contributed by atoms with Crippen LogP contribution in [0.15, 0.2) is 36.8 Å². The Morgan fingerprint density at radius 1 is 1.20 bits per heavy atom. The van der Waals surface area contributed by atoms with Crippen LogP contribution in [0.3, 0.4) is 0 Å². The fraction of sp³-hybridized carbons (Fsp3) is 0.481. The molecule has 3 aromatic rings. The van der Waals surface area contributed by atoms with Crippen molar-refractivity contribution in [3.8, 4) is 0 Å². The monoisotopic (exact) mass is 560 g/mol. The topological polar surface area (TPSA) is 123 Å². The number of fused-ring (bicyclic) bond motifs is 2. The largest absolute Gasteiger partial charge is 0.387 e. The molecule has 1 aromatic carbocycles. The molecule has 1 aliphatic carbocycles. The van der Waals surface area contributed by atoms with Gasteiger partial charge in [0, 0.05) is 50.1 Å². The maximum atomic E-state index is 14.7. The first-order valence-electron chi connectivity index (χ1n) is 13.1. The predicted molar refractivity (Wildman–Crippen MR) is 141 cm³/mol. The minimum Gasteiger partial charge on any atom is -0.387 e. The van der Waals surface area contributed by atoms with Gasteiger partial charge >= 0.3 is 0 Å². The summed E-state index contributed by atoms with van der Waals surface area (Å²) in [7, 11) is 0. The van der Waals surface area contributed by atoms with Gasteiger partial charge in [0.05, 0.1) is 23.2 Å². The molecule has 3 atom stereocenters. The molecule has 13 heteroatoms. The summed E-state index contributed by atoms with van der Waals surface area (Å²) in [6, 6.07) is 5.02. The van der Waals surface area contributed by atoms with Crippen molar-refractivity contribution in [1.82, 2.24) is 19.5 Å². The smallest absolute Gasteiger partial charge is 0.277 e. The average Bonchev–Trinajstić information content (AvgIpc) is 3.48. The number of nitrogens with zero attached hydrogens (tertiary/aromatic N) is 5. The Labute approximate surface area is 228 Å². The molecule has 1 unspecified atom stereocenters. The third-order valence-electron chi connectivity index (χ3n) is 7.61. The van der Waals surface area contributed by atoms with Crippen LogP contribution in [0, 0.1) is 5.92 Å². The molecule has 1 fully saturated rings. The predicted octanol–water partition coefficient (Wildman–Crippen LogP) is 2.54. The summed E-state index contributed by atoms with van der Waals surface area (Å²) in [5.74, 6) is -1.40. The van der Waals surface area contributed by atoms with E-state index in [-0.39, 0.29) is 50.4 Å². The number of aliphatic hydroxyl groups excluding tert-OH is 1. The molecule has 214 valence electrons. The maximum Gasteiger partial charge on any atom is 0.277 e. The fourth-order valence-electron chi connectivity index (χ4n) is 5.26. The molecule has 1 saturated heterocycles. The SMILES string of the molecule is CC(C)(O)[C@H](F)CC1Cc2cc(NC(=O)c3cnn4cccnc34)c(N3CCN([C@@H](O)C(F)F)CC3)cc2C1=O. The van der Waals surface area contributed by atoms with Gasteiger partial charge in [-0.3, -0.25) is 14.5 Å². The molecule has 3 N–H and O–H groups in total. The summed E-state index contributed by atoms with van der Waals surface area (Å²) >= 11 is 0. The average molecular weight is 561 g/mol. The molecule has 1 aliphatic heterocycles. The summed E-state index contributed by atoms with van der Waals surface area (Å²) in [4.78, 5) is 34.0. The van der Waals surface area contributed by atoms with Gasteiger partial charge in [-0.2, -0.15) is 5.10 Å². The third-order valence-corrected chi connectivity index (χ3v) is 7.61. The lowest BCUT2D eigenvalue weighted by Crippen LogP contribution is -2.52. The number of alkyl halides is 3. The van der Waals surface area contributed by atoms with E-state index >= 15 is 0 Å². The summed E-state index contributed by atoms with van der Waals surface area (Å²) in [6.07, 6.45) is -1.69. The van der Waals surface area contributed by atoms with E-state index in [4.69, 9.17) is 0 Å². The van der Waals surface area contributed by atoms with Crippen LogP contribution >= 0.6 is 0 Å². The number of aromatic nitrogens is 3. The molecule has 10 nitrogen and oxygen atoms in total. The van der Waals surface area contributed by atoms with E-state index < -0.39 is 36.3 Å². The molecule has 3 heterocycles. The van der Waals surface area contributed by atoms with Gasteiger partial charge in [-0.25, -0.2) is 22.7 Å². The van der Waals surface area contributed by atoms with Gasteiger partial charge in [0.2, 0.25) is 0 Å². The zero-order valence-corrected chi connectivity index (χ0v) is 22.1. The van der Waals surface area contributed by atoms with Crippen molar-refractivity contribution in [3.05, 3.63) is 53.5 Å². The Kier molecular flexibility index (Phi) is 7.55. The van der Waals surface area contributed by atoms with E-state index in [2.05, 4.69) is 15.4 Å². The van der Waals surface area contributed by atoms with Gasteiger partial charge in [0.1, 0.15) is 11.7 Å². The molecule has 2 aliphatic rings. The quantitative estimate of drug-likeness (QED) is 0.384. The van der Waals surface area contributed by atoms with E-state index in [1.165, 1.54) is 29.5 Å². The highest BCUT2D eigenvalue weighted by atomic mass is 19.3. The number of Topliss-reactive ketones (excluding diaryl/α,β-unsaturated/α-hetero) is 1. The van der Waals surface area contributed by atoms with Crippen LogP contribution in [0.1, 0.15) is 46.5 Å². The fourth-order valence-corrected chi connectivity index (χ4v) is 5.26. The lowest BCUT2D eigenvalue weighted by molar-refractivity contribution is -0.102. The van der Waals surface area contributed by atoms with E-state index in [9.17, 15) is 33.0 Å². The van der Waals surface area contributed by atoms with Crippen LogP contribution in [-0.4, -0.2) is 92.0 Å².